The molecule has 0 saturated carbocycles. The lowest BCUT2D eigenvalue weighted by Crippen LogP contribution is -2.14. The molecule has 0 aliphatic carbocycles. The Labute approximate surface area is 140 Å². The number of nitrogens with zero attached hydrogens (tertiary/aromatic N) is 1. The monoisotopic (exact) mass is 328 g/mol. The van der Waals surface area contributed by atoms with Crippen molar-refractivity contribution in [3.8, 4) is 5.75 Å². The van der Waals surface area contributed by atoms with Crippen LogP contribution in [-0.2, 0) is 0 Å². The van der Waals surface area contributed by atoms with E-state index in [0.29, 0.717) is 5.92 Å². The van der Waals surface area contributed by atoms with Crippen LogP contribution in [0.4, 0.5) is 11.4 Å². The Hall–Kier alpha value is -2.89. The molecule has 0 radical (unpaired) electrons. The van der Waals surface area contributed by atoms with E-state index in [0.717, 1.165) is 12.0 Å². The summed E-state index contributed by atoms with van der Waals surface area (Å²) in [5.74, 6) is -0.216. The average Bonchev–Trinajstić information content (AvgIpc) is 2.55. The van der Waals surface area contributed by atoms with Crippen molar-refractivity contribution >= 4 is 17.3 Å². The summed E-state index contributed by atoms with van der Waals surface area (Å²) in [6.45, 7) is 5.64. The predicted molar refractivity (Wildman–Crippen MR) is 92.6 cm³/mol. The first-order valence-corrected chi connectivity index (χ1v) is 7.73. The van der Waals surface area contributed by atoms with Crippen molar-refractivity contribution in [3.63, 3.8) is 0 Å². The SMILES string of the molecule is CCC(C)c1ccc(NC(=O)c2cccc([N+](=O)[O-])c2C)c(O)c1. The molecule has 1 unspecified atom stereocenters. The number of benzene rings is 2. The van der Waals surface area contributed by atoms with Gasteiger partial charge in [-0.3, -0.25) is 14.9 Å². The molecule has 0 bridgehead atoms. The highest BCUT2D eigenvalue weighted by molar-refractivity contribution is 6.06. The Morgan fingerprint density at radius 2 is 2.04 bits per heavy atom. The van der Waals surface area contributed by atoms with Gasteiger partial charge in [0.05, 0.1) is 10.6 Å². The molecule has 1 atom stereocenters. The molecular weight excluding hydrogens is 308 g/mol. The molecule has 6 nitrogen and oxygen atoms in total. The zero-order valence-corrected chi connectivity index (χ0v) is 13.9. The third kappa shape index (κ3) is 3.53. The van der Waals surface area contributed by atoms with Gasteiger partial charge in [0.15, 0.2) is 0 Å². The summed E-state index contributed by atoms with van der Waals surface area (Å²) in [4.78, 5) is 22.8. The third-order valence-electron chi connectivity index (χ3n) is 4.20. The van der Waals surface area contributed by atoms with Gasteiger partial charge in [-0.2, -0.15) is 0 Å². The highest BCUT2D eigenvalue weighted by Gasteiger charge is 2.19. The summed E-state index contributed by atoms with van der Waals surface area (Å²) in [5.41, 5.74) is 1.64. The standard InChI is InChI=1S/C18H20N2O4/c1-4-11(2)13-8-9-15(17(21)10-13)19-18(22)14-6-5-7-16(12(14)3)20(23)24/h5-11,21H,4H2,1-3H3,(H,19,22). The zero-order valence-electron chi connectivity index (χ0n) is 13.9. The summed E-state index contributed by atoms with van der Waals surface area (Å²) in [5, 5.41) is 23.7. The number of rotatable bonds is 5. The number of hydrogen-bond acceptors (Lipinski definition) is 4. The van der Waals surface area contributed by atoms with Crippen molar-refractivity contribution in [1.29, 1.82) is 0 Å². The van der Waals surface area contributed by atoms with Gasteiger partial charge in [0, 0.05) is 17.2 Å². The van der Waals surface area contributed by atoms with E-state index in [9.17, 15) is 20.0 Å². The Bertz CT molecular complexity index is 787. The summed E-state index contributed by atoms with van der Waals surface area (Å²) in [6, 6.07) is 9.45. The third-order valence-corrected chi connectivity index (χ3v) is 4.20. The van der Waals surface area contributed by atoms with Crippen molar-refractivity contribution < 1.29 is 14.8 Å². The van der Waals surface area contributed by atoms with Gasteiger partial charge < -0.3 is 10.4 Å². The molecule has 0 aliphatic heterocycles. The Morgan fingerprint density at radius 1 is 1.33 bits per heavy atom. The predicted octanol–water partition coefficient (Wildman–Crippen LogP) is 4.37. The first kappa shape index (κ1) is 17.5. The maximum atomic E-state index is 12.4. The van der Waals surface area contributed by atoms with Crippen molar-refractivity contribution in [1.82, 2.24) is 0 Å². The normalized spacial score (nSPS) is 11.8. The van der Waals surface area contributed by atoms with E-state index in [1.165, 1.54) is 25.1 Å². The minimum Gasteiger partial charge on any atom is -0.506 e. The smallest absolute Gasteiger partial charge is 0.273 e. The molecule has 6 heteroatoms. The van der Waals surface area contributed by atoms with Crippen LogP contribution in [0.1, 0.15) is 47.7 Å². The Kier molecular flexibility index (Phi) is 5.18. The van der Waals surface area contributed by atoms with Crippen molar-refractivity contribution in [2.45, 2.75) is 33.1 Å². The molecule has 2 aromatic rings. The van der Waals surface area contributed by atoms with E-state index in [2.05, 4.69) is 19.2 Å². The van der Waals surface area contributed by atoms with Crippen molar-refractivity contribution in [2.75, 3.05) is 5.32 Å². The van der Waals surface area contributed by atoms with Crippen LogP contribution in [-0.4, -0.2) is 15.9 Å². The van der Waals surface area contributed by atoms with E-state index in [4.69, 9.17) is 0 Å². The van der Waals surface area contributed by atoms with Gasteiger partial charge in [-0.25, -0.2) is 0 Å². The second-order valence-corrected chi connectivity index (χ2v) is 5.75. The van der Waals surface area contributed by atoms with Crippen LogP contribution in [0.5, 0.6) is 5.75 Å². The summed E-state index contributed by atoms with van der Waals surface area (Å²) < 4.78 is 0. The Balaban J connectivity index is 2.28. The number of carbonyl (C=O) groups is 1. The number of phenolic OH excluding ortho intramolecular Hbond substituents is 1. The fourth-order valence-corrected chi connectivity index (χ4v) is 2.45. The first-order valence-electron chi connectivity index (χ1n) is 7.73. The van der Waals surface area contributed by atoms with Crippen LogP contribution in [0.3, 0.4) is 0 Å². The van der Waals surface area contributed by atoms with E-state index >= 15 is 0 Å². The number of nitro benzene ring substituents is 1. The van der Waals surface area contributed by atoms with Gasteiger partial charge in [0.25, 0.3) is 11.6 Å². The highest BCUT2D eigenvalue weighted by Crippen LogP contribution is 2.30. The molecule has 1 amide bonds. The van der Waals surface area contributed by atoms with Gasteiger partial charge in [0.2, 0.25) is 0 Å². The number of anilines is 1. The second kappa shape index (κ2) is 7.12. The van der Waals surface area contributed by atoms with Gasteiger partial charge in [0.1, 0.15) is 5.75 Å². The van der Waals surface area contributed by atoms with E-state index < -0.39 is 10.8 Å². The van der Waals surface area contributed by atoms with Crippen LogP contribution in [0.2, 0.25) is 0 Å². The number of aromatic hydroxyl groups is 1. The van der Waals surface area contributed by atoms with Crippen LogP contribution in [0.25, 0.3) is 0 Å². The fourth-order valence-electron chi connectivity index (χ4n) is 2.45. The lowest BCUT2D eigenvalue weighted by molar-refractivity contribution is -0.385. The first-order chi connectivity index (χ1) is 11.3. The molecule has 0 aliphatic rings. The average molecular weight is 328 g/mol. The fraction of sp³-hybridized carbons (Fsp3) is 0.278. The number of nitro groups is 1. The van der Waals surface area contributed by atoms with Crippen molar-refractivity contribution in [3.05, 3.63) is 63.2 Å². The summed E-state index contributed by atoms with van der Waals surface area (Å²) in [7, 11) is 0. The minimum atomic E-state index is -0.523. The zero-order chi connectivity index (χ0) is 17.9. The molecule has 0 heterocycles. The number of hydrogen-bond donors (Lipinski definition) is 2. The number of phenols is 1. The molecule has 0 spiro atoms. The summed E-state index contributed by atoms with van der Waals surface area (Å²) in [6.07, 6.45) is 0.942. The van der Waals surface area contributed by atoms with Gasteiger partial charge >= 0.3 is 0 Å². The van der Waals surface area contributed by atoms with Crippen LogP contribution in [0, 0.1) is 17.0 Å². The molecule has 0 saturated heterocycles. The molecule has 0 fully saturated rings. The molecule has 0 aromatic heterocycles. The van der Waals surface area contributed by atoms with Gasteiger partial charge in [-0.15, -0.1) is 0 Å². The molecule has 2 rings (SSSR count). The molecular formula is C18H20N2O4. The maximum absolute atomic E-state index is 12.4. The maximum Gasteiger partial charge on any atom is 0.273 e. The number of nitrogens with one attached hydrogen (secondary N) is 1. The minimum absolute atomic E-state index is 0.0239. The van der Waals surface area contributed by atoms with Crippen LogP contribution >= 0.6 is 0 Å². The molecule has 126 valence electrons. The lowest BCUT2D eigenvalue weighted by atomic mass is 9.98. The van der Waals surface area contributed by atoms with E-state index in [1.807, 2.05) is 6.07 Å². The highest BCUT2D eigenvalue weighted by atomic mass is 16.6. The lowest BCUT2D eigenvalue weighted by Gasteiger charge is -2.13. The van der Waals surface area contributed by atoms with Crippen molar-refractivity contribution in [2.24, 2.45) is 0 Å². The molecule has 24 heavy (non-hydrogen) atoms. The quantitative estimate of drug-likeness (QED) is 0.484. The second-order valence-electron chi connectivity index (χ2n) is 5.75. The summed E-state index contributed by atoms with van der Waals surface area (Å²) >= 11 is 0. The number of carbonyl (C=O) groups excluding carboxylic acids is 1. The van der Waals surface area contributed by atoms with Gasteiger partial charge in [-0.05, 0) is 43.0 Å². The molecule has 2 aromatic carbocycles. The number of amides is 1. The topological polar surface area (TPSA) is 92.5 Å². The van der Waals surface area contributed by atoms with E-state index in [-0.39, 0.29) is 28.3 Å². The van der Waals surface area contributed by atoms with Gasteiger partial charge in [-0.1, -0.05) is 26.0 Å². The molecule has 2 N–H and O–H groups in total. The van der Waals surface area contributed by atoms with Crippen LogP contribution in [0.15, 0.2) is 36.4 Å². The largest absolute Gasteiger partial charge is 0.506 e. The Morgan fingerprint density at radius 3 is 2.62 bits per heavy atom. The van der Waals surface area contributed by atoms with Crippen LogP contribution < -0.4 is 5.32 Å². The van der Waals surface area contributed by atoms with E-state index in [1.54, 1.807) is 12.1 Å².